The summed E-state index contributed by atoms with van der Waals surface area (Å²) in [5, 5.41) is 3.70. The van der Waals surface area contributed by atoms with Crippen LogP contribution in [0.4, 0.5) is 0 Å². The average Bonchev–Trinajstić information content (AvgIpc) is 3.11. The molecule has 176 valence electrons. The molecular weight excluding hydrogens is 434 g/mol. The first-order valence-corrected chi connectivity index (χ1v) is 12.5. The lowest BCUT2D eigenvalue weighted by Gasteiger charge is -2.38. The summed E-state index contributed by atoms with van der Waals surface area (Å²) < 4.78 is 0. The number of carbonyl (C=O) groups is 2. The summed E-state index contributed by atoms with van der Waals surface area (Å²) in [4.78, 5) is 30.0. The van der Waals surface area contributed by atoms with Crippen LogP contribution in [0.25, 0.3) is 0 Å². The fourth-order valence-corrected chi connectivity index (χ4v) is 5.33. The Morgan fingerprint density at radius 1 is 1.18 bits per heavy atom. The van der Waals surface area contributed by atoms with Crippen molar-refractivity contribution in [3.8, 4) is 0 Å². The predicted molar refractivity (Wildman–Crippen MR) is 132 cm³/mol. The first kappa shape index (κ1) is 23.8. The number of nitrogens with one attached hydrogen (secondary N) is 1. The summed E-state index contributed by atoms with van der Waals surface area (Å²) in [5.41, 5.74) is 3.13. The molecule has 0 bridgehead atoms. The van der Waals surface area contributed by atoms with E-state index in [4.69, 9.17) is 11.6 Å². The summed E-state index contributed by atoms with van der Waals surface area (Å²) in [6.45, 7) is 8.48. The van der Waals surface area contributed by atoms with Gasteiger partial charge in [0.2, 0.25) is 0 Å². The third-order valence-electron chi connectivity index (χ3n) is 6.85. The normalized spacial score (nSPS) is 18.6. The van der Waals surface area contributed by atoms with Crippen molar-refractivity contribution in [2.24, 2.45) is 5.92 Å². The maximum Gasteiger partial charge on any atom is 0.254 e. The second-order valence-electron chi connectivity index (χ2n) is 9.62. The van der Waals surface area contributed by atoms with E-state index in [-0.39, 0.29) is 11.8 Å². The fourth-order valence-electron chi connectivity index (χ4n) is 5.12. The van der Waals surface area contributed by atoms with Gasteiger partial charge < -0.3 is 15.1 Å². The molecule has 2 aliphatic rings. The summed E-state index contributed by atoms with van der Waals surface area (Å²) in [6.07, 6.45) is 4.81. The van der Waals surface area contributed by atoms with E-state index in [2.05, 4.69) is 24.1 Å². The van der Waals surface area contributed by atoms with Crippen LogP contribution in [0, 0.1) is 5.92 Å². The number of rotatable bonds is 8. The number of halogens is 1. The number of benzene rings is 2. The molecule has 0 aliphatic carbocycles. The molecule has 5 nitrogen and oxygen atoms in total. The highest BCUT2D eigenvalue weighted by Gasteiger charge is 2.28. The van der Waals surface area contributed by atoms with Crippen molar-refractivity contribution in [1.29, 1.82) is 0 Å². The van der Waals surface area contributed by atoms with Gasteiger partial charge in [-0.25, -0.2) is 0 Å². The fraction of sp³-hybridized carbons (Fsp3) is 0.481. The molecule has 4 rings (SSSR count). The van der Waals surface area contributed by atoms with Crippen molar-refractivity contribution in [2.45, 2.75) is 58.7 Å². The average molecular weight is 468 g/mol. The van der Waals surface area contributed by atoms with Gasteiger partial charge in [0.25, 0.3) is 11.8 Å². The summed E-state index contributed by atoms with van der Waals surface area (Å²) >= 11 is 6.08. The molecule has 0 aromatic heterocycles. The second kappa shape index (κ2) is 10.7. The van der Waals surface area contributed by atoms with E-state index in [1.807, 2.05) is 36.4 Å². The van der Waals surface area contributed by atoms with E-state index in [0.29, 0.717) is 47.7 Å². The standard InChI is InChI=1S/C27H34ClN3O2/c1-19(2)25-9-3-4-13-30(25)14-6-12-29-26(32)21-10-11-22-18-31(27(33)24(22)16-21)17-20-7-5-8-23(28)15-20/h5,7-8,10-11,15-16,19,25H,3-4,6,9,12-14,17-18H2,1-2H3,(H,29,32). The topological polar surface area (TPSA) is 52.7 Å². The number of amides is 2. The van der Waals surface area contributed by atoms with E-state index in [1.165, 1.54) is 19.3 Å². The monoisotopic (exact) mass is 467 g/mol. The molecule has 6 heteroatoms. The van der Waals surface area contributed by atoms with Crippen molar-refractivity contribution in [1.82, 2.24) is 15.1 Å². The molecule has 1 N–H and O–H groups in total. The van der Waals surface area contributed by atoms with Gasteiger partial charge in [0, 0.05) is 48.4 Å². The molecule has 0 spiro atoms. The highest BCUT2D eigenvalue weighted by molar-refractivity contribution is 6.30. The Labute approximate surface area is 202 Å². The number of likely N-dealkylation sites (tertiary alicyclic amines) is 1. The van der Waals surface area contributed by atoms with Gasteiger partial charge in [0.05, 0.1) is 0 Å². The van der Waals surface area contributed by atoms with Gasteiger partial charge in [-0.3, -0.25) is 9.59 Å². The Bertz CT molecular complexity index is 1010. The van der Waals surface area contributed by atoms with Crippen molar-refractivity contribution in [3.63, 3.8) is 0 Å². The highest BCUT2D eigenvalue weighted by atomic mass is 35.5. The molecule has 2 aliphatic heterocycles. The number of carbonyl (C=O) groups excluding carboxylic acids is 2. The summed E-state index contributed by atoms with van der Waals surface area (Å²) in [5.74, 6) is 0.518. The molecule has 1 saturated heterocycles. The van der Waals surface area contributed by atoms with Crippen LogP contribution in [0.2, 0.25) is 5.02 Å². The van der Waals surface area contributed by atoms with Gasteiger partial charge in [0.15, 0.2) is 0 Å². The van der Waals surface area contributed by atoms with Crippen molar-refractivity contribution in [3.05, 3.63) is 69.7 Å². The third-order valence-corrected chi connectivity index (χ3v) is 7.09. The van der Waals surface area contributed by atoms with Crippen LogP contribution < -0.4 is 5.32 Å². The Morgan fingerprint density at radius 2 is 2.03 bits per heavy atom. The van der Waals surface area contributed by atoms with E-state index < -0.39 is 0 Å². The van der Waals surface area contributed by atoms with Crippen LogP contribution in [-0.4, -0.2) is 47.3 Å². The molecule has 2 aromatic rings. The zero-order valence-corrected chi connectivity index (χ0v) is 20.4. The minimum absolute atomic E-state index is 0.0375. The van der Waals surface area contributed by atoms with Gasteiger partial charge >= 0.3 is 0 Å². The largest absolute Gasteiger partial charge is 0.352 e. The van der Waals surface area contributed by atoms with Gasteiger partial charge in [-0.2, -0.15) is 0 Å². The minimum Gasteiger partial charge on any atom is -0.352 e. The first-order valence-electron chi connectivity index (χ1n) is 12.1. The van der Waals surface area contributed by atoms with Gasteiger partial charge in [-0.05, 0) is 67.1 Å². The third kappa shape index (κ3) is 5.77. The smallest absolute Gasteiger partial charge is 0.254 e. The highest BCUT2D eigenvalue weighted by Crippen LogP contribution is 2.26. The Hall–Kier alpha value is -2.37. The van der Waals surface area contributed by atoms with Crippen molar-refractivity contribution >= 4 is 23.4 Å². The Morgan fingerprint density at radius 3 is 2.82 bits per heavy atom. The van der Waals surface area contributed by atoms with Crippen LogP contribution >= 0.6 is 11.6 Å². The van der Waals surface area contributed by atoms with Gasteiger partial charge in [-0.15, -0.1) is 0 Å². The summed E-state index contributed by atoms with van der Waals surface area (Å²) in [7, 11) is 0. The van der Waals surface area contributed by atoms with Crippen molar-refractivity contribution in [2.75, 3.05) is 19.6 Å². The molecule has 2 aromatic carbocycles. The maximum absolute atomic E-state index is 12.9. The SMILES string of the molecule is CC(C)C1CCCCN1CCCNC(=O)c1ccc2c(c1)C(=O)N(Cc1cccc(Cl)c1)C2. The number of piperidine rings is 1. The van der Waals surface area contributed by atoms with Crippen LogP contribution in [0.1, 0.15) is 71.4 Å². The van der Waals surface area contributed by atoms with Crippen LogP contribution in [0.3, 0.4) is 0 Å². The number of hydrogen-bond acceptors (Lipinski definition) is 3. The minimum atomic E-state index is -0.113. The van der Waals surface area contributed by atoms with Crippen LogP contribution in [0.15, 0.2) is 42.5 Å². The molecule has 1 fully saturated rings. The number of fused-ring (bicyclic) bond motifs is 1. The van der Waals surface area contributed by atoms with Gasteiger partial charge in [-0.1, -0.05) is 50.1 Å². The van der Waals surface area contributed by atoms with Crippen LogP contribution in [0.5, 0.6) is 0 Å². The lowest BCUT2D eigenvalue weighted by Crippen LogP contribution is -2.43. The quantitative estimate of drug-likeness (QED) is 0.548. The Kier molecular flexibility index (Phi) is 7.71. The molecule has 33 heavy (non-hydrogen) atoms. The summed E-state index contributed by atoms with van der Waals surface area (Å²) in [6, 6.07) is 13.7. The van der Waals surface area contributed by atoms with E-state index in [0.717, 1.165) is 30.6 Å². The predicted octanol–water partition coefficient (Wildman–Crippen LogP) is 5.13. The van der Waals surface area contributed by atoms with Crippen LogP contribution in [-0.2, 0) is 13.1 Å². The lowest BCUT2D eigenvalue weighted by molar-refractivity contribution is 0.0766. The number of hydrogen-bond donors (Lipinski definition) is 1. The molecule has 0 saturated carbocycles. The van der Waals surface area contributed by atoms with Crippen molar-refractivity contribution < 1.29 is 9.59 Å². The lowest BCUT2D eigenvalue weighted by atomic mass is 9.92. The molecule has 1 unspecified atom stereocenters. The molecular formula is C27H34ClN3O2. The van der Waals surface area contributed by atoms with E-state index >= 15 is 0 Å². The molecule has 0 radical (unpaired) electrons. The van der Waals surface area contributed by atoms with E-state index in [1.54, 1.807) is 11.0 Å². The van der Waals surface area contributed by atoms with E-state index in [9.17, 15) is 9.59 Å². The Balaban J connectivity index is 1.30. The zero-order valence-electron chi connectivity index (χ0n) is 19.6. The molecule has 2 heterocycles. The zero-order chi connectivity index (χ0) is 23.4. The van der Waals surface area contributed by atoms with Gasteiger partial charge in [0.1, 0.15) is 0 Å². The maximum atomic E-state index is 12.9. The second-order valence-corrected chi connectivity index (χ2v) is 10.1. The first-order chi connectivity index (χ1) is 15.9. The molecule has 1 atom stereocenters. The number of nitrogens with zero attached hydrogens (tertiary/aromatic N) is 2. The molecule has 2 amide bonds.